The summed E-state index contributed by atoms with van der Waals surface area (Å²) in [6, 6.07) is 4.70. The molecule has 0 aromatic carbocycles. The number of hydrogen-bond donors (Lipinski definition) is 1. The van der Waals surface area contributed by atoms with Crippen LogP contribution >= 0.6 is 11.3 Å². The molecular formula is C12H17NO2S. The van der Waals surface area contributed by atoms with Gasteiger partial charge in [0.2, 0.25) is 0 Å². The van der Waals surface area contributed by atoms with Crippen LogP contribution in [0.3, 0.4) is 0 Å². The van der Waals surface area contributed by atoms with Crippen molar-refractivity contribution >= 4 is 17.3 Å². The lowest BCUT2D eigenvalue weighted by atomic mass is 9.98. The zero-order valence-electron chi connectivity index (χ0n) is 9.64. The summed E-state index contributed by atoms with van der Waals surface area (Å²) in [5.74, 6) is -0.822. The molecular weight excluding hydrogens is 222 g/mol. The second-order valence-electron chi connectivity index (χ2n) is 4.32. The molecule has 2 rings (SSSR count). The minimum Gasteiger partial charge on any atom is -0.481 e. The molecule has 3 nitrogen and oxygen atoms in total. The van der Waals surface area contributed by atoms with Crippen LogP contribution < -0.4 is 0 Å². The van der Waals surface area contributed by atoms with Gasteiger partial charge in [-0.3, -0.25) is 9.69 Å². The van der Waals surface area contributed by atoms with Crippen LogP contribution in [0.15, 0.2) is 12.1 Å². The Balaban J connectivity index is 1.94. The monoisotopic (exact) mass is 239 g/mol. The molecule has 0 amide bonds. The highest BCUT2D eigenvalue weighted by molar-refractivity contribution is 7.12. The highest BCUT2D eigenvalue weighted by Gasteiger charge is 2.35. The van der Waals surface area contributed by atoms with Crippen LogP contribution in [0, 0.1) is 5.92 Å². The Morgan fingerprint density at radius 3 is 2.81 bits per heavy atom. The average molecular weight is 239 g/mol. The molecule has 0 aliphatic carbocycles. The molecule has 88 valence electrons. The van der Waals surface area contributed by atoms with Crippen LogP contribution in [0.5, 0.6) is 0 Å². The van der Waals surface area contributed by atoms with Crippen LogP contribution in [0.2, 0.25) is 0 Å². The largest absolute Gasteiger partial charge is 0.481 e. The molecule has 1 aromatic rings. The van der Waals surface area contributed by atoms with Crippen LogP contribution in [0.4, 0.5) is 0 Å². The van der Waals surface area contributed by atoms with Crippen molar-refractivity contribution in [3.8, 4) is 0 Å². The summed E-state index contributed by atoms with van der Waals surface area (Å²) in [4.78, 5) is 15.7. The lowest BCUT2D eigenvalue weighted by Crippen LogP contribution is -2.50. The van der Waals surface area contributed by atoms with E-state index in [1.54, 1.807) is 0 Å². The fourth-order valence-electron chi connectivity index (χ4n) is 1.97. The summed E-state index contributed by atoms with van der Waals surface area (Å²) in [6.07, 6.45) is 1.08. The standard InChI is InChI=1S/C12H17NO2S/c1-3-10-4-5-11(16-10)8(2)13-6-9(7-13)12(14)15/h4-5,8-9H,3,6-7H2,1-2H3,(H,14,15). The van der Waals surface area contributed by atoms with Crippen LogP contribution in [0.1, 0.15) is 29.6 Å². The van der Waals surface area contributed by atoms with E-state index in [0.717, 1.165) is 6.42 Å². The van der Waals surface area contributed by atoms with Crippen molar-refractivity contribution in [2.75, 3.05) is 13.1 Å². The van der Waals surface area contributed by atoms with Gasteiger partial charge in [-0.05, 0) is 25.5 Å². The molecule has 2 heterocycles. The van der Waals surface area contributed by atoms with E-state index < -0.39 is 5.97 Å². The van der Waals surface area contributed by atoms with E-state index in [2.05, 4.69) is 30.9 Å². The molecule has 0 spiro atoms. The van der Waals surface area contributed by atoms with Crippen molar-refractivity contribution < 1.29 is 9.90 Å². The third-order valence-electron chi connectivity index (χ3n) is 3.25. The quantitative estimate of drug-likeness (QED) is 0.877. The first-order chi connectivity index (χ1) is 7.61. The number of likely N-dealkylation sites (tertiary alicyclic amines) is 1. The smallest absolute Gasteiger partial charge is 0.309 e. The topological polar surface area (TPSA) is 40.5 Å². The number of carboxylic acid groups (broad SMARTS) is 1. The maximum Gasteiger partial charge on any atom is 0.309 e. The highest BCUT2D eigenvalue weighted by Crippen LogP contribution is 2.32. The lowest BCUT2D eigenvalue weighted by molar-refractivity contribution is -0.148. The summed E-state index contributed by atoms with van der Waals surface area (Å²) in [5.41, 5.74) is 0. The van der Waals surface area contributed by atoms with Crippen LogP contribution in [-0.2, 0) is 11.2 Å². The van der Waals surface area contributed by atoms with E-state index in [-0.39, 0.29) is 5.92 Å². The maximum absolute atomic E-state index is 10.7. The molecule has 1 aromatic heterocycles. The van der Waals surface area contributed by atoms with Gasteiger partial charge in [0.1, 0.15) is 0 Å². The Morgan fingerprint density at radius 1 is 1.62 bits per heavy atom. The second-order valence-corrected chi connectivity index (χ2v) is 5.52. The fourth-order valence-corrected chi connectivity index (χ4v) is 3.01. The molecule has 0 bridgehead atoms. The molecule has 1 atom stereocenters. The predicted octanol–water partition coefficient (Wildman–Crippen LogP) is 2.39. The van der Waals surface area contributed by atoms with Crippen LogP contribution in [0.25, 0.3) is 0 Å². The molecule has 0 saturated carbocycles. The number of thiophene rings is 1. The van der Waals surface area contributed by atoms with Gasteiger partial charge in [-0.15, -0.1) is 11.3 Å². The number of carbonyl (C=O) groups is 1. The number of carboxylic acids is 1. The number of aryl methyl sites for hydroxylation is 1. The third-order valence-corrected chi connectivity index (χ3v) is 4.65. The number of aliphatic carboxylic acids is 1. The van der Waals surface area contributed by atoms with Crippen LogP contribution in [-0.4, -0.2) is 29.1 Å². The Labute approximate surface area is 99.7 Å². The van der Waals surface area contributed by atoms with E-state index in [1.807, 2.05) is 11.3 Å². The minimum atomic E-state index is -0.663. The minimum absolute atomic E-state index is 0.159. The number of nitrogens with zero attached hydrogens (tertiary/aromatic N) is 1. The summed E-state index contributed by atoms with van der Waals surface area (Å²) in [7, 11) is 0. The first-order valence-electron chi connectivity index (χ1n) is 5.67. The van der Waals surface area contributed by atoms with E-state index in [9.17, 15) is 4.79 Å². The number of hydrogen-bond acceptors (Lipinski definition) is 3. The zero-order valence-corrected chi connectivity index (χ0v) is 10.5. The van der Waals surface area contributed by atoms with Gasteiger partial charge in [-0.2, -0.15) is 0 Å². The normalized spacial score (nSPS) is 19.4. The number of rotatable bonds is 4. The van der Waals surface area contributed by atoms with Gasteiger partial charge in [0.05, 0.1) is 5.92 Å². The van der Waals surface area contributed by atoms with E-state index in [0.29, 0.717) is 19.1 Å². The van der Waals surface area contributed by atoms with Crippen molar-refractivity contribution in [1.82, 2.24) is 4.90 Å². The molecule has 1 fully saturated rings. The van der Waals surface area contributed by atoms with Crippen molar-refractivity contribution in [1.29, 1.82) is 0 Å². The molecule has 0 radical (unpaired) electrons. The van der Waals surface area contributed by atoms with E-state index in [4.69, 9.17) is 5.11 Å². The highest BCUT2D eigenvalue weighted by atomic mass is 32.1. The first-order valence-corrected chi connectivity index (χ1v) is 6.49. The Kier molecular flexibility index (Phi) is 3.30. The Morgan fingerprint density at radius 2 is 2.31 bits per heavy atom. The van der Waals surface area contributed by atoms with Crippen molar-refractivity contribution in [2.24, 2.45) is 5.92 Å². The van der Waals surface area contributed by atoms with E-state index in [1.165, 1.54) is 9.75 Å². The molecule has 16 heavy (non-hydrogen) atoms. The van der Waals surface area contributed by atoms with Gasteiger partial charge in [-0.25, -0.2) is 0 Å². The van der Waals surface area contributed by atoms with Gasteiger partial charge in [0, 0.05) is 28.9 Å². The summed E-state index contributed by atoms with van der Waals surface area (Å²) >= 11 is 1.84. The predicted molar refractivity (Wildman–Crippen MR) is 64.8 cm³/mol. The van der Waals surface area contributed by atoms with Gasteiger partial charge < -0.3 is 5.11 Å². The molecule has 1 aliphatic rings. The van der Waals surface area contributed by atoms with Gasteiger partial charge in [0.15, 0.2) is 0 Å². The summed E-state index contributed by atoms with van der Waals surface area (Å²) < 4.78 is 0. The molecule has 1 saturated heterocycles. The molecule has 1 unspecified atom stereocenters. The van der Waals surface area contributed by atoms with Crippen molar-refractivity contribution in [2.45, 2.75) is 26.3 Å². The Bertz CT molecular complexity index is 382. The Hall–Kier alpha value is -0.870. The first kappa shape index (κ1) is 11.6. The lowest BCUT2D eigenvalue weighted by Gasteiger charge is -2.40. The van der Waals surface area contributed by atoms with Crippen molar-refractivity contribution in [3.05, 3.63) is 21.9 Å². The van der Waals surface area contributed by atoms with Gasteiger partial charge in [0.25, 0.3) is 0 Å². The summed E-state index contributed by atoms with van der Waals surface area (Å²) in [6.45, 7) is 5.69. The second kappa shape index (κ2) is 4.55. The SMILES string of the molecule is CCc1ccc(C(C)N2CC(C(=O)O)C2)s1. The molecule has 4 heteroatoms. The van der Waals surface area contributed by atoms with Crippen molar-refractivity contribution in [3.63, 3.8) is 0 Å². The molecule has 1 N–H and O–H groups in total. The van der Waals surface area contributed by atoms with Gasteiger partial charge >= 0.3 is 5.97 Å². The van der Waals surface area contributed by atoms with Gasteiger partial charge in [-0.1, -0.05) is 6.92 Å². The van der Waals surface area contributed by atoms with E-state index >= 15 is 0 Å². The summed E-state index contributed by atoms with van der Waals surface area (Å²) in [5, 5.41) is 8.82. The molecule has 1 aliphatic heterocycles. The maximum atomic E-state index is 10.7. The fraction of sp³-hybridized carbons (Fsp3) is 0.583. The zero-order chi connectivity index (χ0) is 11.7. The average Bonchev–Trinajstić information content (AvgIpc) is 2.62. The third kappa shape index (κ3) is 2.13.